The Morgan fingerprint density at radius 2 is 1.67 bits per heavy atom. The van der Waals surface area contributed by atoms with E-state index in [1.54, 1.807) is 43.3 Å². The van der Waals surface area contributed by atoms with E-state index in [1.165, 1.54) is 35.3 Å². The second-order valence-electron chi connectivity index (χ2n) is 9.50. The monoisotopic (exact) mass is 592 g/mol. The van der Waals surface area contributed by atoms with Crippen LogP contribution in [0.25, 0.3) is 6.08 Å². The third-order valence-electron chi connectivity index (χ3n) is 6.69. The Morgan fingerprint density at radius 3 is 2.40 bits per heavy atom. The number of ether oxygens (including phenoxy) is 3. The predicted molar refractivity (Wildman–Crippen MR) is 159 cm³/mol. The predicted octanol–water partition coefficient (Wildman–Crippen LogP) is 5.01. The number of aromatic nitrogens is 1. The molecule has 3 aromatic carbocycles. The maximum absolute atomic E-state index is 13.9. The molecule has 0 saturated heterocycles. The number of fused-ring (bicyclic) bond motifs is 1. The fraction of sp³-hybridized carbons (Fsp3) is 0.0909. The molecule has 0 radical (unpaired) electrons. The van der Waals surface area contributed by atoms with Crippen molar-refractivity contribution in [2.24, 2.45) is 4.99 Å². The summed E-state index contributed by atoms with van der Waals surface area (Å²) in [6.45, 7) is 1.71. The van der Waals surface area contributed by atoms with Crippen molar-refractivity contribution in [3.63, 3.8) is 0 Å². The van der Waals surface area contributed by atoms with Crippen LogP contribution in [-0.2, 0) is 9.53 Å². The molecule has 0 spiro atoms. The van der Waals surface area contributed by atoms with Gasteiger partial charge in [-0.05, 0) is 72.7 Å². The number of rotatable bonds is 7. The third-order valence-corrected chi connectivity index (χ3v) is 7.67. The van der Waals surface area contributed by atoms with Crippen LogP contribution in [0.15, 0.2) is 123 Å². The average Bonchev–Trinajstić information content (AvgIpc) is 3.66. The molecule has 214 valence electrons. The molecule has 5 aromatic rings. The summed E-state index contributed by atoms with van der Waals surface area (Å²) in [5.41, 5.74) is 1.74. The largest absolute Gasteiger partial charge is 0.466 e. The standard InChI is InChI=1S/C33H24N2O7S/c1-20-28(32(38)39-2)29(22-13-15-24(16-14-22)42-31(37)26-12-7-17-40-26)35-30(36)27(43-33(35)34-20)19-21-8-6-11-25(18-21)41-23-9-4-3-5-10-23/h3-19,29H,1-2H3/b27-19+/t29-/m0/s1. The Bertz CT molecular complexity index is 2020. The van der Waals surface area contributed by atoms with Gasteiger partial charge in [0.25, 0.3) is 5.56 Å². The van der Waals surface area contributed by atoms with Gasteiger partial charge >= 0.3 is 11.9 Å². The van der Waals surface area contributed by atoms with Crippen LogP contribution < -0.4 is 24.4 Å². The van der Waals surface area contributed by atoms with Gasteiger partial charge in [-0.25, -0.2) is 14.6 Å². The maximum Gasteiger partial charge on any atom is 0.379 e. The summed E-state index contributed by atoms with van der Waals surface area (Å²) in [5, 5.41) is 0. The second kappa shape index (κ2) is 11.8. The number of esters is 2. The zero-order chi connectivity index (χ0) is 29.9. The Hall–Kier alpha value is -5.48. The van der Waals surface area contributed by atoms with Gasteiger partial charge in [0.05, 0.1) is 35.2 Å². The van der Waals surface area contributed by atoms with Gasteiger partial charge in [0.1, 0.15) is 17.2 Å². The number of carbonyl (C=O) groups is 2. The summed E-state index contributed by atoms with van der Waals surface area (Å²) in [5.74, 6) is 0.429. The number of furan rings is 1. The third kappa shape index (κ3) is 5.68. The molecule has 1 aliphatic rings. The Kier molecular flexibility index (Phi) is 7.59. The molecule has 0 unspecified atom stereocenters. The number of nitrogens with zero attached hydrogens (tertiary/aromatic N) is 2. The van der Waals surface area contributed by atoms with Crippen molar-refractivity contribution in [3.05, 3.63) is 145 Å². The van der Waals surface area contributed by atoms with E-state index >= 15 is 0 Å². The summed E-state index contributed by atoms with van der Waals surface area (Å²) in [7, 11) is 1.28. The number of para-hydroxylation sites is 1. The van der Waals surface area contributed by atoms with Gasteiger partial charge in [0, 0.05) is 0 Å². The van der Waals surface area contributed by atoms with Crippen molar-refractivity contribution >= 4 is 29.4 Å². The SMILES string of the molecule is COC(=O)C1=C(C)N=c2s/c(=C/c3cccc(Oc4ccccc4)c3)c(=O)n2[C@H]1c1ccc(OC(=O)c2ccco2)cc1. The number of methoxy groups -OCH3 is 1. The Balaban J connectivity index is 1.38. The summed E-state index contributed by atoms with van der Waals surface area (Å²) in [6.07, 6.45) is 3.15. The lowest BCUT2D eigenvalue weighted by Crippen LogP contribution is -2.39. The topological polar surface area (TPSA) is 109 Å². The van der Waals surface area contributed by atoms with E-state index in [9.17, 15) is 14.4 Å². The van der Waals surface area contributed by atoms with E-state index in [4.69, 9.17) is 18.6 Å². The number of carbonyl (C=O) groups excluding carboxylic acids is 2. The van der Waals surface area contributed by atoms with E-state index < -0.39 is 18.0 Å². The quantitative estimate of drug-likeness (QED) is 0.193. The number of hydrogen-bond donors (Lipinski definition) is 0. The number of hydrogen-bond acceptors (Lipinski definition) is 9. The Labute approximate surface area is 249 Å². The van der Waals surface area contributed by atoms with E-state index in [-0.39, 0.29) is 22.6 Å². The number of allylic oxidation sites excluding steroid dienone is 1. The average molecular weight is 593 g/mol. The highest BCUT2D eigenvalue weighted by molar-refractivity contribution is 7.07. The van der Waals surface area contributed by atoms with Crippen molar-refractivity contribution in [1.82, 2.24) is 4.57 Å². The van der Waals surface area contributed by atoms with Gasteiger partial charge in [0.2, 0.25) is 5.76 Å². The second-order valence-corrected chi connectivity index (χ2v) is 10.5. The van der Waals surface area contributed by atoms with Gasteiger partial charge in [-0.3, -0.25) is 9.36 Å². The summed E-state index contributed by atoms with van der Waals surface area (Å²) < 4.78 is 23.4. The first-order chi connectivity index (χ1) is 20.9. The molecule has 6 rings (SSSR count). The fourth-order valence-corrected chi connectivity index (χ4v) is 5.77. The van der Waals surface area contributed by atoms with Crippen LogP contribution in [0, 0.1) is 0 Å². The molecule has 0 bridgehead atoms. The summed E-state index contributed by atoms with van der Waals surface area (Å²) in [4.78, 5) is 44.2. The number of benzene rings is 3. The van der Waals surface area contributed by atoms with Crippen molar-refractivity contribution in [3.8, 4) is 17.2 Å². The normalized spacial score (nSPS) is 14.6. The first-order valence-electron chi connectivity index (χ1n) is 13.2. The van der Waals surface area contributed by atoms with Gasteiger partial charge in [-0.2, -0.15) is 0 Å². The van der Waals surface area contributed by atoms with Gasteiger partial charge in [-0.15, -0.1) is 0 Å². The van der Waals surface area contributed by atoms with E-state index in [0.717, 1.165) is 5.56 Å². The van der Waals surface area contributed by atoms with Gasteiger partial charge in [-0.1, -0.05) is 53.8 Å². The first-order valence-corrected chi connectivity index (χ1v) is 14.0. The van der Waals surface area contributed by atoms with Crippen LogP contribution in [0.3, 0.4) is 0 Å². The molecule has 0 saturated carbocycles. The van der Waals surface area contributed by atoms with E-state index in [0.29, 0.717) is 32.1 Å². The lowest BCUT2D eigenvalue weighted by molar-refractivity contribution is -0.136. The van der Waals surface area contributed by atoms with Crippen molar-refractivity contribution < 1.29 is 28.2 Å². The summed E-state index contributed by atoms with van der Waals surface area (Å²) >= 11 is 1.22. The Morgan fingerprint density at radius 1 is 0.907 bits per heavy atom. The minimum atomic E-state index is -0.812. The highest BCUT2D eigenvalue weighted by atomic mass is 32.1. The van der Waals surface area contributed by atoms with Crippen molar-refractivity contribution in [1.29, 1.82) is 0 Å². The van der Waals surface area contributed by atoms with Crippen molar-refractivity contribution in [2.75, 3.05) is 7.11 Å². The zero-order valence-electron chi connectivity index (χ0n) is 23.1. The lowest BCUT2D eigenvalue weighted by atomic mass is 9.96. The van der Waals surface area contributed by atoms with Crippen LogP contribution in [0.5, 0.6) is 17.2 Å². The molecule has 0 N–H and O–H groups in total. The summed E-state index contributed by atoms with van der Waals surface area (Å²) in [6, 6.07) is 25.7. The molecule has 1 atom stereocenters. The molecule has 0 fully saturated rings. The van der Waals surface area contributed by atoms with E-state index in [1.807, 2.05) is 54.6 Å². The highest BCUT2D eigenvalue weighted by Crippen LogP contribution is 2.32. The maximum atomic E-state index is 13.9. The minimum absolute atomic E-state index is 0.0694. The van der Waals surface area contributed by atoms with Gasteiger partial charge in [0.15, 0.2) is 4.80 Å². The van der Waals surface area contributed by atoms with Crippen molar-refractivity contribution in [2.45, 2.75) is 13.0 Å². The van der Waals surface area contributed by atoms with Crippen LogP contribution in [0.2, 0.25) is 0 Å². The highest BCUT2D eigenvalue weighted by Gasteiger charge is 2.33. The number of thiazole rings is 1. The molecular formula is C33H24N2O7S. The zero-order valence-corrected chi connectivity index (χ0v) is 23.9. The molecule has 2 aromatic heterocycles. The molecule has 10 heteroatoms. The van der Waals surface area contributed by atoms with E-state index in [2.05, 4.69) is 4.99 Å². The first kappa shape index (κ1) is 27.7. The molecule has 43 heavy (non-hydrogen) atoms. The molecule has 0 amide bonds. The van der Waals surface area contributed by atoms with Crippen LogP contribution in [0.4, 0.5) is 0 Å². The van der Waals surface area contributed by atoms with Crippen LogP contribution in [0.1, 0.15) is 34.6 Å². The molecular weight excluding hydrogens is 568 g/mol. The molecule has 0 aliphatic carbocycles. The van der Waals surface area contributed by atoms with Crippen LogP contribution in [-0.4, -0.2) is 23.6 Å². The van der Waals surface area contributed by atoms with Gasteiger partial charge < -0.3 is 18.6 Å². The lowest BCUT2D eigenvalue weighted by Gasteiger charge is -2.24. The molecule has 1 aliphatic heterocycles. The van der Waals surface area contributed by atoms with Crippen LogP contribution >= 0.6 is 11.3 Å². The minimum Gasteiger partial charge on any atom is -0.466 e. The smallest absolute Gasteiger partial charge is 0.379 e. The fourth-order valence-electron chi connectivity index (χ4n) is 4.72. The molecule has 9 nitrogen and oxygen atoms in total. The molecule has 3 heterocycles.